The second-order valence-electron chi connectivity index (χ2n) is 5.43. The average molecular weight is 338 g/mol. The van der Waals surface area contributed by atoms with Crippen molar-refractivity contribution in [3.8, 4) is 11.5 Å². The minimum Gasteiger partial charge on any atom is -0.507 e. The van der Waals surface area contributed by atoms with Crippen molar-refractivity contribution in [1.82, 2.24) is 0 Å². The fraction of sp³-hybridized carbons (Fsp3) is 0.100. The Hall–Kier alpha value is -3.34. The largest absolute Gasteiger partial charge is 0.507 e. The summed E-state index contributed by atoms with van der Waals surface area (Å²) in [6.45, 7) is 2.72. The van der Waals surface area contributed by atoms with Crippen molar-refractivity contribution in [1.29, 1.82) is 0 Å². The summed E-state index contributed by atoms with van der Waals surface area (Å²) in [7, 11) is 0. The lowest BCUT2D eigenvalue weighted by Gasteiger charge is -2.08. The molecule has 0 radical (unpaired) electrons. The molecule has 5 heteroatoms. The summed E-state index contributed by atoms with van der Waals surface area (Å²) >= 11 is 0. The van der Waals surface area contributed by atoms with Crippen LogP contribution in [0.15, 0.2) is 60.7 Å². The molecule has 25 heavy (non-hydrogen) atoms. The molecule has 128 valence electrons. The predicted octanol–water partition coefficient (Wildman–Crippen LogP) is 4.45. The van der Waals surface area contributed by atoms with E-state index in [1.807, 2.05) is 0 Å². The number of allylic oxidation sites excluding steroid dienone is 2. The number of carbonyl (C=O) groups is 2. The van der Waals surface area contributed by atoms with E-state index >= 15 is 0 Å². The molecule has 0 saturated heterocycles. The number of rotatable bonds is 6. The minimum absolute atomic E-state index is 0.101. The van der Waals surface area contributed by atoms with Crippen molar-refractivity contribution in [3.63, 3.8) is 0 Å². The smallest absolute Gasteiger partial charge is 0.156 e. The van der Waals surface area contributed by atoms with Crippen LogP contribution >= 0.6 is 0 Å². The second kappa shape index (κ2) is 7.97. The topological polar surface area (TPSA) is 83.8 Å². The zero-order valence-electron chi connectivity index (χ0n) is 13.9. The molecule has 0 aromatic heterocycles. The Kier molecular flexibility index (Phi) is 5.74. The molecule has 0 heterocycles. The van der Waals surface area contributed by atoms with Gasteiger partial charge in [0.2, 0.25) is 0 Å². The Morgan fingerprint density at radius 3 is 1.32 bits per heavy atom. The van der Waals surface area contributed by atoms with Gasteiger partial charge in [0.25, 0.3) is 0 Å². The summed E-state index contributed by atoms with van der Waals surface area (Å²) in [5.74, 6) is 0.429. The maximum absolute atomic E-state index is 11.0. The van der Waals surface area contributed by atoms with E-state index in [1.54, 1.807) is 48.5 Å². The first-order valence-electron chi connectivity index (χ1n) is 7.56. The fourth-order valence-electron chi connectivity index (χ4n) is 2.08. The first-order valence-corrected chi connectivity index (χ1v) is 7.56. The van der Waals surface area contributed by atoms with Crippen LogP contribution in [0.25, 0.3) is 11.5 Å². The van der Waals surface area contributed by atoms with E-state index in [0.717, 1.165) is 12.2 Å². The Balaban J connectivity index is 2.10. The maximum atomic E-state index is 11.0. The molecule has 2 aromatic rings. The van der Waals surface area contributed by atoms with Gasteiger partial charge in [0, 0.05) is 23.3 Å². The fourth-order valence-corrected chi connectivity index (χ4v) is 2.08. The molecule has 0 aliphatic carbocycles. The summed E-state index contributed by atoms with van der Waals surface area (Å²) in [4.78, 5) is 21.9. The van der Waals surface area contributed by atoms with Crippen LogP contribution in [0.3, 0.4) is 0 Å². The van der Waals surface area contributed by atoms with Crippen LogP contribution in [0.4, 0.5) is 0 Å². The van der Waals surface area contributed by atoms with Crippen LogP contribution in [-0.4, -0.2) is 21.8 Å². The highest BCUT2D eigenvalue weighted by Crippen LogP contribution is 2.24. The lowest BCUT2D eigenvalue weighted by molar-refractivity contribution is -0.113. The first kappa shape index (κ1) is 18.0. The van der Waals surface area contributed by atoms with Crippen LogP contribution in [0.1, 0.15) is 25.0 Å². The SMILES string of the molecule is CC(=O)C=C(O)c1ccc(Oc2ccc(/C(O)=C/C(C)=O)cc2)cc1. The molecule has 2 N–H and O–H groups in total. The molecule has 2 rings (SSSR count). The lowest BCUT2D eigenvalue weighted by atomic mass is 10.1. The molecular weight excluding hydrogens is 320 g/mol. The Morgan fingerprint density at radius 1 is 0.720 bits per heavy atom. The molecule has 5 nitrogen and oxygen atoms in total. The summed E-state index contributed by atoms with van der Waals surface area (Å²) in [5.41, 5.74) is 1.02. The normalized spacial score (nSPS) is 11.9. The Labute approximate surface area is 145 Å². The number of benzene rings is 2. The first-order chi connectivity index (χ1) is 11.8. The van der Waals surface area contributed by atoms with Gasteiger partial charge < -0.3 is 14.9 Å². The van der Waals surface area contributed by atoms with E-state index in [1.165, 1.54) is 13.8 Å². The molecule has 0 atom stereocenters. The van der Waals surface area contributed by atoms with Gasteiger partial charge in [-0.15, -0.1) is 0 Å². The third kappa shape index (κ3) is 5.35. The van der Waals surface area contributed by atoms with Gasteiger partial charge in [-0.2, -0.15) is 0 Å². The van der Waals surface area contributed by atoms with E-state index in [-0.39, 0.29) is 23.1 Å². The molecule has 2 aromatic carbocycles. The van der Waals surface area contributed by atoms with Gasteiger partial charge in [0.05, 0.1) is 0 Å². The number of ether oxygens (including phenoxy) is 1. The van der Waals surface area contributed by atoms with Gasteiger partial charge in [0.15, 0.2) is 11.6 Å². The zero-order valence-corrected chi connectivity index (χ0v) is 13.9. The number of aliphatic hydroxyl groups is 2. The highest BCUT2D eigenvalue weighted by Gasteiger charge is 2.04. The molecular formula is C20H18O5. The Morgan fingerprint density at radius 2 is 1.04 bits per heavy atom. The Bertz CT molecular complexity index is 756. The average Bonchev–Trinajstić information content (AvgIpc) is 2.55. The monoisotopic (exact) mass is 338 g/mol. The van der Waals surface area contributed by atoms with Crippen molar-refractivity contribution in [2.24, 2.45) is 0 Å². The van der Waals surface area contributed by atoms with Crippen LogP contribution in [-0.2, 0) is 9.59 Å². The van der Waals surface area contributed by atoms with Crippen molar-refractivity contribution in [2.75, 3.05) is 0 Å². The quantitative estimate of drug-likeness (QED) is 0.600. The summed E-state index contributed by atoms with van der Waals surface area (Å²) in [6.07, 6.45) is 2.30. The van der Waals surface area contributed by atoms with E-state index in [2.05, 4.69) is 0 Å². The van der Waals surface area contributed by atoms with E-state index in [0.29, 0.717) is 22.6 Å². The number of ketones is 2. The minimum atomic E-state index is -0.236. The second-order valence-corrected chi connectivity index (χ2v) is 5.43. The van der Waals surface area contributed by atoms with Crippen LogP contribution in [0.5, 0.6) is 11.5 Å². The molecule has 0 unspecified atom stereocenters. The third-order valence-corrected chi connectivity index (χ3v) is 3.22. The molecule has 0 amide bonds. The lowest BCUT2D eigenvalue weighted by Crippen LogP contribution is -1.91. The number of hydrogen-bond acceptors (Lipinski definition) is 5. The summed E-state index contributed by atoms with van der Waals surface area (Å²) in [6, 6.07) is 13.2. The van der Waals surface area contributed by atoms with Crippen molar-refractivity contribution >= 4 is 23.1 Å². The van der Waals surface area contributed by atoms with Crippen molar-refractivity contribution < 1.29 is 24.5 Å². The van der Waals surface area contributed by atoms with E-state index in [4.69, 9.17) is 4.74 Å². The van der Waals surface area contributed by atoms with Crippen molar-refractivity contribution in [2.45, 2.75) is 13.8 Å². The molecule has 0 spiro atoms. The van der Waals surface area contributed by atoms with Crippen molar-refractivity contribution in [3.05, 3.63) is 71.8 Å². The van der Waals surface area contributed by atoms with Gasteiger partial charge in [-0.3, -0.25) is 9.59 Å². The number of carbonyl (C=O) groups excluding carboxylic acids is 2. The van der Waals surface area contributed by atoms with Gasteiger partial charge in [-0.05, 0) is 62.4 Å². The molecule has 0 aliphatic heterocycles. The molecule has 0 fully saturated rings. The highest BCUT2D eigenvalue weighted by molar-refractivity contribution is 5.94. The van der Waals surface area contributed by atoms with Crippen LogP contribution in [0.2, 0.25) is 0 Å². The van der Waals surface area contributed by atoms with Gasteiger partial charge >= 0.3 is 0 Å². The molecule has 0 bridgehead atoms. The number of hydrogen-bond donors (Lipinski definition) is 2. The standard InChI is InChI=1S/C20H18O5/c1-13(21)11-19(23)15-3-7-17(8-4-15)25-18-9-5-16(6-10-18)20(24)12-14(2)22/h3-12,23-24H,1-2H3/b19-11-,20-12?. The van der Waals surface area contributed by atoms with E-state index in [9.17, 15) is 19.8 Å². The van der Waals surface area contributed by atoms with Crippen LogP contribution in [0, 0.1) is 0 Å². The number of aliphatic hydroxyl groups excluding tert-OH is 2. The highest BCUT2D eigenvalue weighted by atomic mass is 16.5. The summed E-state index contributed by atoms with van der Waals surface area (Å²) < 4.78 is 5.67. The van der Waals surface area contributed by atoms with E-state index < -0.39 is 0 Å². The van der Waals surface area contributed by atoms with Gasteiger partial charge in [-0.25, -0.2) is 0 Å². The summed E-state index contributed by atoms with van der Waals surface area (Å²) in [5, 5.41) is 19.5. The third-order valence-electron chi connectivity index (χ3n) is 3.22. The predicted molar refractivity (Wildman–Crippen MR) is 95.5 cm³/mol. The molecule has 0 saturated carbocycles. The zero-order chi connectivity index (χ0) is 18.4. The maximum Gasteiger partial charge on any atom is 0.156 e. The van der Waals surface area contributed by atoms with Gasteiger partial charge in [-0.1, -0.05) is 0 Å². The van der Waals surface area contributed by atoms with Crippen LogP contribution < -0.4 is 4.74 Å². The molecule has 0 aliphatic rings. The van der Waals surface area contributed by atoms with Gasteiger partial charge in [0.1, 0.15) is 23.0 Å².